The summed E-state index contributed by atoms with van der Waals surface area (Å²) in [5.41, 5.74) is 1.47. The lowest BCUT2D eigenvalue weighted by Crippen LogP contribution is -2.34. The summed E-state index contributed by atoms with van der Waals surface area (Å²) in [6, 6.07) is 11.6. The maximum atomic E-state index is 3.59. The summed E-state index contributed by atoms with van der Waals surface area (Å²) < 4.78 is 0. The van der Waals surface area contributed by atoms with Crippen molar-refractivity contribution in [3.05, 3.63) is 35.9 Å². The Morgan fingerprint density at radius 2 is 1.93 bits per heavy atom. The molecule has 1 heterocycles. The Labute approximate surface area is 98.7 Å². The van der Waals surface area contributed by atoms with Gasteiger partial charge >= 0.3 is 0 Å². The van der Waals surface area contributed by atoms with E-state index in [-0.39, 0.29) is 12.4 Å². The number of hydrogen-bond acceptors (Lipinski definition) is 1. The van der Waals surface area contributed by atoms with E-state index in [1.807, 2.05) is 0 Å². The molecule has 0 radical (unpaired) electrons. The summed E-state index contributed by atoms with van der Waals surface area (Å²) in [4.78, 5) is 0. The van der Waals surface area contributed by atoms with Crippen LogP contribution in [0.1, 0.15) is 31.2 Å². The van der Waals surface area contributed by atoms with E-state index in [0.29, 0.717) is 0 Å². The fourth-order valence-corrected chi connectivity index (χ4v) is 2.16. The first kappa shape index (κ1) is 12.5. The van der Waals surface area contributed by atoms with Crippen molar-refractivity contribution in [2.45, 2.75) is 38.1 Å². The Morgan fingerprint density at radius 1 is 1.13 bits per heavy atom. The molecule has 1 unspecified atom stereocenters. The fourth-order valence-electron chi connectivity index (χ4n) is 2.16. The average Bonchev–Trinajstić information content (AvgIpc) is 2.29. The highest BCUT2D eigenvalue weighted by atomic mass is 35.5. The first-order valence-electron chi connectivity index (χ1n) is 5.72. The molecule has 1 aromatic rings. The molecule has 1 nitrogen and oxygen atoms in total. The molecule has 84 valence electrons. The molecule has 0 amide bonds. The third-order valence-electron chi connectivity index (χ3n) is 3.04. The minimum absolute atomic E-state index is 0. The van der Waals surface area contributed by atoms with Gasteiger partial charge in [-0.15, -0.1) is 12.4 Å². The van der Waals surface area contributed by atoms with Crippen molar-refractivity contribution in [1.29, 1.82) is 0 Å². The fraction of sp³-hybridized carbons (Fsp3) is 0.538. The van der Waals surface area contributed by atoms with Gasteiger partial charge in [-0.05, 0) is 37.8 Å². The van der Waals surface area contributed by atoms with Gasteiger partial charge < -0.3 is 5.32 Å². The molecule has 1 atom stereocenters. The summed E-state index contributed by atoms with van der Waals surface area (Å²) in [5.74, 6) is 0. The molecule has 1 N–H and O–H groups in total. The van der Waals surface area contributed by atoms with Crippen LogP contribution in [-0.4, -0.2) is 12.6 Å². The highest BCUT2D eigenvalue weighted by Crippen LogP contribution is 2.13. The summed E-state index contributed by atoms with van der Waals surface area (Å²) >= 11 is 0. The van der Waals surface area contributed by atoms with E-state index in [0.717, 1.165) is 6.04 Å². The van der Waals surface area contributed by atoms with Crippen molar-refractivity contribution in [1.82, 2.24) is 5.32 Å². The predicted octanol–water partition coefficient (Wildman–Crippen LogP) is 3.18. The highest BCUT2D eigenvalue weighted by molar-refractivity contribution is 5.85. The van der Waals surface area contributed by atoms with Gasteiger partial charge in [-0.2, -0.15) is 0 Å². The van der Waals surface area contributed by atoms with Gasteiger partial charge in [0.25, 0.3) is 0 Å². The quantitative estimate of drug-likeness (QED) is 0.833. The normalized spacial score (nSPS) is 20.7. The Morgan fingerprint density at radius 3 is 2.60 bits per heavy atom. The summed E-state index contributed by atoms with van der Waals surface area (Å²) in [5, 5.41) is 3.59. The van der Waals surface area contributed by atoms with Crippen LogP contribution in [0.4, 0.5) is 0 Å². The van der Waals surface area contributed by atoms with E-state index in [4.69, 9.17) is 0 Å². The third-order valence-corrected chi connectivity index (χ3v) is 3.04. The van der Waals surface area contributed by atoms with Crippen molar-refractivity contribution in [2.24, 2.45) is 0 Å². The van der Waals surface area contributed by atoms with Crippen LogP contribution >= 0.6 is 12.4 Å². The number of halogens is 1. The Hall–Kier alpha value is -0.530. The van der Waals surface area contributed by atoms with Crippen LogP contribution in [0, 0.1) is 0 Å². The van der Waals surface area contributed by atoms with Crippen molar-refractivity contribution < 1.29 is 0 Å². The zero-order valence-electron chi connectivity index (χ0n) is 9.11. The lowest BCUT2D eigenvalue weighted by Gasteiger charge is -2.23. The number of hydrogen-bond donors (Lipinski definition) is 1. The molecule has 1 aliphatic heterocycles. The van der Waals surface area contributed by atoms with Crippen molar-refractivity contribution in [3.63, 3.8) is 0 Å². The number of rotatable bonds is 3. The smallest absolute Gasteiger partial charge is 0.00702 e. The minimum Gasteiger partial charge on any atom is -0.314 e. The molecule has 0 aromatic heterocycles. The highest BCUT2D eigenvalue weighted by Gasteiger charge is 2.11. The van der Waals surface area contributed by atoms with E-state index >= 15 is 0 Å². The van der Waals surface area contributed by atoms with Gasteiger partial charge in [0.05, 0.1) is 0 Å². The topological polar surface area (TPSA) is 12.0 Å². The van der Waals surface area contributed by atoms with E-state index in [9.17, 15) is 0 Å². The lowest BCUT2D eigenvalue weighted by atomic mass is 9.98. The predicted molar refractivity (Wildman–Crippen MR) is 67.7 cm³/mol. The van der Waals surface area contributed by atoms with Gasteiger partial charge in [0.1, 0.15) is 0 Å². The third kappa shape index (κ3) is 4.23. The molecule has 1 saturated heterocycles. The van der Waals surface area contributed by atoms with Crippen molar-refractivity contribution in [3.8, 4) is 0 Å². The zero-order valence-corrected chi connectivity index (χ0v) is 9.93. The first-order chi connectivity index (χ1) is 6.95. The van der Waals surface area contributed by atoms with Crippen LogP contribution in [0.25, 0.3) is 0 Å². The van der Waals surface area contributed by atoms with Crippen molar-refractivity contribution in [2.75, 3.05) is 6.54 Å². The monoisotopic (exact) mass is 225 g/mol. The maximum Gasteiger partial charge on any atom is 0.00702 e. The van der Waals surface area contributed by atoms with Crippen LogP contribution in [0.2, 0.25) is 0 Å². The summed E-state index contributed by atoms with van der Waals surface area (Å²) in [6.45, 7) is 1.22. The molecule has 15 heavy (non-hydrogen) atoms. The van der Waals surface area contributed by atoms with E-state index in [1.165, 1.54) is 44.2 Å². The molecule has 2 rings (SSSR count). The number of piperidine rings is 1. The maximum absolute atomic E-state index is 3.59. The Bertz CT molecular complexity index is 254. The second-order valence-electron chi connectivity index (χ2n) is 4.17. The number of nitrogens with one attached hydrogen (secondary N) is 1. The second kappa shape index (κ2) is 6.86. The minimum atomic E-state index is 0. The zero-order chi connectivity index (χ0) is 9.64. The van der Waals surface area contributed by atoms with Gasteiger partial charge in [0.15, 0.2) is 0 Å². The molecule has 0 saturated carbocycles. The molecule has 0 bridgehead atoms. The van der Waals surface area contributed by atoms with Gasteiger partial charge in [-0.25, -0.2) is 0 Å². The Kier molecular flexibility index (Phi) is 5.74. The van der Waals surface area contributed by atoms with Gasteiger partial charge in [0, 0.05) is 6.04 Å². The molecule has 1 fully saturated rings. The van der Waals surface area contributed by atoms with Crippen LogP contribution in [0.15, 0.2) is 30.3 Å². The molecule has 0 aliphatic carbocycles. The molecule has 1 aromatic carbocycles. The van der Waals surface area contributed by atoms with Crippen LogP contribution in [0.5, 0.6) is 0 Å². The molecule has 2 heteroatoms. The van der Waals surface area contributed by atoms with Gasteiger partial charge in [0.2, 0.25) is 0 Å². The second-order valence-corrected chi connectivity index (χ2v) is 4.17. The summed E-state index contributed by atoms with van der Waals surface area (Å²) in [7, 11) is 0. The SMILES string of the molecule is Cl.c1ccc(CCC2CCCCN2)cc1. The number of aryl methyl sites for hydroxylation is 1. The van der Waals surface area contributed by atoms with E-state index in [2.05, 4.69) is 35.6 Å². The van der Waals surface area contributed by atoms with Crippen LogP contribution < -0.4 is 5.32 Å². The van der Waals surface area contributed by atoms with Crippen molar-refractivity contribution >= 4 is 12.4 Å². The largest absolute Gasteiger partial charge is 0.314 e. The van der Waals surface area contributed by atoms with E-state index < -0.39 is 0 Å². The number of benzene rings is 1. The first-order valence-corrected chi connectivity index (χ1v) is 5.72. The average molecular weight is 226 g/mol. The van der Waals surface area contributed by atoms with Crippen LogP contribution in [-0.2, 0) is 6.42 Å². The Balaban J connectivity index is 0.00000112. The lowest BCUT2D eigenvalue weighted by molar-refractivity contribution is 0.383. The van der Waals surface area contributed by atoms with Gasteiger partial charge in [-0.3, -0.25) is 0 Å². The summed E-state index contributed by atoms with van der Waals surface area (Å²) in [6.07, 6.45) is 6.66. The van der Waals surface area contributed by atoms with Crippen LogP contribution in [0.3, 0.4) is 0 Å². The molecule has 0 spiro atoms. The van der Waals surface area contributed by atoms with E-state index in [1.54, 1.807) is 0 Å². The standard InChI is InChI=1S/C13H19N.ClH/c1-2-6-12(7-3-1)9-10-13-8-4-5-11-14-13;/h1-3,6-7,13-14H,4-5,8-11H2;1H. The molecular formula is C13H20ClN. The van der Waals surface area contributed by atoms with Gasteiger partial charge in [-0.1, -0.05) is 36.8 Å². The molecular weight excluding hydrogens is 206 g/mol. The molecule has 1 aliphatic rings.